The van der Waals surface area contributed by atoms with Gasteiger partial charge in [0.25, 0.3) is 5.91 Å². The van der Waals surface area contributed by atoms with Crippen LogP contribution in [-0.4, -0.2) is 42.2 Å². The van der Waals surface area contributed by atoms with Gasteiger partial charge in [0.15, 0.2) is 0 Å². The molecule has 1 saturated carbocycles. The highest BCUT2D eigenvalue weighted by Gasteiger charge is 2.45. The van der Waals surface area contributed by atoms with Crippen LogP contribution in [0.4, 0.5) is 0 Å². The molecule has 2 aliphatic rings. The molecule has 1 N–H and O–H groups in total. The highest BCUT2D eigenvalue weighted by molar-refractivity contribution is 5.94. The molecule has 1 heterocycles. The van der Waals surface area contributed by atoms with Gasteiger partial charge in [-0.05, 0) is 74.2 Å². The number of benzene rings is 2. The van der Waals surface area contributed by atoms with Crippen molar-refractivity contribution in [3.8, 4) is 17.2 Å². The number of carbonyl (C=O) groups is 1. The van der Waals surface area contributed by atoms with Gasteiger partial charge in [-0.15, -0.1) is 0 Å². The lowest BCUT2D eigenvalue weighted by atomic mass is 9.76. The molecular formula is C23H27NO4. The zero-order valence-corrected chi connectivity index (χ0v) is 16.3. The Hall–Kier alpha value is -2.53. The molecule has 1 aliphatic carbocycles. The lowest BCUT2D eigenvalue weighted by Crippen LogP contribution is -2.49. The summed E-state index contributed by atoms with van der Waals surface area (Å²) < 4.78 is 11.0. The van der Waals surface area contributed by atoms with E-state index >= 15 is 0 Å². The molecule has 2 fully saturated rings. The summed E-state index contributed by atoms with van der Waals surface area (Å²) >= 11 is 0. The predicted octanol–water partition coefficient (Wildman–Crippen LogP) is 4.25. The molecule has 0 bridgehead atoms. The summed E-state index contributed by atoms with van der Waals surface area (Å²) in [4.78, 5) is 14.9. The predicted molar refractivity (Wildman–Crippen MR) is 107 cm³/mol. The molecule has 1 aliphatic heterocycles. The largest absolute Gasteiger partial charge is 0.497 e. The number of aliphatic hydroxyl groups is 1. The van der Waals surface area contributed by atoms with Gasteiger partial charge in [-0.3, -0.25) is 4.79 Å². The second kappa shape index (κ2) is 7.84. The van der Waals surface area contributed by atoms with E-state index in [1.807, 2.05) is 53.4 Å². The molecule has 1 amide bonds. The quantitative estimate of drug-likeness (QED) is 0.860. The fourth-order valence-electron chi connectivity index (χ4n) is 4.56. The van der Waals surface area contributed by atoms with Crippen LogP contribution >= 0.6 is 0 Å². The van der Waals surface area contributed by atoms with Gasteiger partial charge in [0.05, 0.1) is 13.2 Å². The van der Waals surface area contributed by atoms with Crippen molar-refractivity contribution in [2.24, 2.45) is 5.41 Å². The molecule has 0 unspecified atom stereocenters. The Bertz CT molecular complexity index is 818. The topological polar surface area (TPSA) is 59.0 Å². The first-order chi connectivity index (χ1) is 13.6. The molecule has 1 saturated heterocycles. The van der Waals surface area contributed by atoms with Gasteiger partial charge in [0, 0.05) is 24.1 Å². The van der Waals surface area contributed by atoms with Crippen LogP contribution < -0.4 is 9.47 Å². The van der Waals surface area contributed by atoms with Gasteiger partial charge >= 0.3 is 0 Å². The van der Waals surface area contributed by atoms with Crippen molar-refractivity contribution in [2.45, 2.75) is 38.2 Å². The molecule has 5 nitrogen and oxygen atoms in total. The average molecular weight is 381 g/mol. The molecule has 148 valence electrons. The number of nitrogens with zero attached hydrogens (tertiary/aromatic N) is 1. The highest BCUT2D eigenvalue weighted by Crippen LogP contribution is 2.45. The third-order valence-electron chi connectivity index (χ3n) is 6.15. The van der Waals surface area contributed by atoms with Crippen LogP contribution in [0.2, 0.25) is 0 Å². The van der Waals surface area contributed by atoms with E-state index in [0.29, 0.717) is 23.6 Å². The zero-order valence-electron chi connectivity index (χ0n) is 16.3. The van der Waals surface area contributed by atoms with E-state index in [1.165, 1.54) is 0 Å². The molecule has 2 atom stereocenters. The van der Waals surface area contributed by atoms with E-state index in [-0.39, 0.29) is 17.4 Å². The zero-order chi connectivity index (χ0) is 19.6. The van der Waals surface area contributed by atoms with Crippen molar-refractivity contribution in [3.05, 3.63) is 54.1 Å². The van der Waals surface area contributed by atoms with Crippen molar-refractivity contribution in [2.75, 3.05) is 20.2 Å². The van der Waals surface area contributed by atoms with Crippen LogP contribution in [0.1, 0.15) is 42.5 Å². The molecule has 0 radical (unpaired) electrons. The minimum absolute atomic E-state index is 0.0363. The summed E-state index contributed by atoms with van der Waals surface area (Å²) in [5.74, 6) is 2.21. The second-order valence-electron chi connectivity index (χ2n) is 7.90. The maximum atomic E-state index is 13.0. The van der Waals surface area contributed by atoms with Crippen molar-refractivity contribution in [3.63, 3.8) is 0 Å². The number of carbonyl (C=O) groups excluding carboxylic acids is 1. The first-order valence-electron chi connectivity index (χ1n) is 9.99. The Morgan fingerprint density at radius 3 is 2.21 bits per heavy atom. The summed E-state index contributed by atoms with van der Waals surface area (Å²) in [6, 6.07) is 14.6. The van der Waals surface area contributed by atoms with Crippen LogP contribution in [0.3, 0.4) is 0 Å². The summed E-state index contributed by atoms with van der Waals surface area (Å²) in [6.07, 6.45) is 4.64. The van der Waals surface area contributed by atoms with Crippen molar-refractivity contribution < 1.29 is 19.4 Å². The lowest BCUT2D eigenvalue weighted by Gasteiger charge is -2.42. The van der Waals surface area contributed by atoms with Crippen molar-refractivity contribution in [1.82, 2.24) is 4.90 Å². The number of hydrogen-bond acceptors (Lipinski definition) is 4. The van der Waals surface area contributed by atoms with E-state index in [1.54, 1.807) is 7.11 Å². The average Bonchev–Trinajstić information content (AvgIpc) is 3.08. The smallest absolute Gasteiger partial charge is 0.253 e. The minimum atomic E-state index is -0.275. The van der Waals surface area contributed by atoms with Crippen LogP contribution in [-0.2, 0) is 0 Å². The molecule has 2 aromatic rings. The molecule has 2 aromatic carbocycles. The fourth-order valence-corrected chi connectivity index (χ4v) is 4.56. The molecule has 4 rings (SSSR count). The first kappa shape index (κ1) is 18.8. The summed E-state index contributed by atoms with van der Waals surface area (Å²) in [5, 5.41) is 10.4. The monoisotopic (exact) mass is 381 g/mol. The lowest BCUT2D eigenvalue weighted by molar-refractivity contribution is -0.00535. The van der Waals surface area contributed by atoms with Crippen molar-refractivity contribution >= 4 is 5.91 Å². The standard InChI is InChI=1S/C23H27NO4/c1-27-18-9-11-20(12-10-18)28-19-7-5-17(6-8-19)22(26)24-15-3-14-23(16-24)13-2-4-21(23)25/h5-12,21,25H,2-4,13-16H2,1H3/t21-,23+/m1/s1. The third kappa shape index (κ3) is 3.72. The second-order valence-corrected chi connectivity index (χ2v) is 7.90. The Kier molecular flexibility index (Phi) is 5.27. The van der Waals surface area contributed by atoms with Crippen LogP contribution in [0.15, 0.2) is 48.5 Å². The normalized spacial score (nSPS) is 24.4. The fraction of sp³-hybridized carbons (Fsp3) is 0.435. The van der Waals surface area contributed by atoms with Crippen LogP contribution in [0.25, 0.3) is 0 Å². The van der Waals surface area contributed by atoms with Crippen molar-refractivity contribution in [1.29, 1.82) is 0 Å². The molecule has 1 spiro atoms. The first-order valence-corrected chi connectivity index (χ1v) is 9.99. The van der Waals surface area contributed by atoms with E-state index in [9.17, 15) is 9.90 Å². The van der Waals surface area contributed by atoms with Gasteiger partial charge in [-0.25, -0.2) is 0 Å². The molecule has 5 heteroatoms. The maximum absolute atomic E-state index is 13.0. The number of amides is 1. The van der Waals surface area contributed by atoms with E-state index in [2.05, 4.69) is 0 Å². The summed E-state index contributed by atoms with van der Waals surface area (Å²) in [5.41, 5.74) is 0.567. The highest BCUT2D eigenvalue weighted by atomic mass is 16.5. The molecule has 28 heavy (non-hydrogen) atoms. The number of likely N-dealkylation sites (tertiary alicyclic amines) is 1. The number of rotatable bonds is 4. The van der Waals surface area contributed by atoms with Gasteiger partial charge in [0.2, 0.25) is 0 Å². The number of piperidine rings is 1. The summed E-state index contributed by atoms with van der Waals surface area (Å²) in [6.45, 7) is 1.43. The maximum Gasteiger partial charge on any atom is 0.253 e. The van der Waals surface area contributed by atoms with E-state index in [0.717, 1.165) is 44.4 Å². The van der Waals surface area contributed by atoms with Crippen LogP contribution in [0, 0.1) is 5.41 Å². The Morgan fingerprint density at radius 1 is 1.00 bits per heavy atom. The number of aliphatic hydroxyl groups excluding tert-OH is 1. The Morgan fingerprint density at radius 2 is 1.61 bits per heavy atom. The van der Waals surface area contributed by atoms with Gasteiger partial charge in [-0.2, -0.15) is 0 Å². The van der Waals surface area contributed by atoms with Gasteiger partial charge < -0.3 is 19.5 Å². The van der Waals surface area contributed by atoms with Crippen LogP contribution in [0.5, 0.6) is 17.2 Å². The Labute approximate surface area is 165 Å². The number of hydrogen-bond donors (Lipinski definition) is 1. The molecular weight excluding hydrogens is 354 g/mol. The number of ether oxygens (including phenoxy) is 2. The van der Waals surface area contributed by atoms with E-state index < -0.39 is 0 Å². The Balaban J connectivity index is 1.42. The SMILES string of the molecule is COc1ccc(Oc2ccc(C(=O)N3CCC[C@@]4(CCC[C@H]4O)C3)cc2)cc1. The summed E-state index contributed by atoms with van der Waals surface area (Å²) in [7, 11) is 1.63. The van der Waals surface area contributed by atoms with Gasteiger partial charge in [0.1, 0.15) is 17.2 Å². The molecule has 0 aromatic heterocycles. The van der Waals surface area contributed by atoms with E-state index in [4.69, 9.17) is 9.47 Å². The number of methoxy groups -OCH3 is 1. The third-order valence-corrected chi connectivity index (χ3v) is 6.15. The van der Waals surface area contributed by atoms with Gasteiger partial charge in [-0.1, -0.05) is 6.42 Å². The minimum Gasteiger partial charge on any atom is -0.497 e.